The van der Waals surface area contributed by atoms with Gasteiger partial charge in [0.15, 0.2) is 5.82 Å². The Morgan fingerprint density at radius 2 is 2.11 bits per heavy atom. The molecule has 27 heavy (non-hydrogen) atoms. The van der Waals surface area contributed by atoms with Crippen LogP contribution in [0.5, 0.6) is 0 Å². The van der Waals surface area contributed by atoms with Gasteiger partial charge in [0.1, 0.15) is 0 Å². The molecule has 3 rings (SSSR count). The van der Waals surface area contributed by atoms with E-state index >= 15 is 0 Å². The number of pyridine rings is 1. The van der Waals surface area contributed by atoms with E-state index in [1.165, 1.54) is 6.20 Å². The van der Waals surface area contributed by atoms with Crippen molar-refractivity contribution in [2.75, 3.05) is 31.1 Å². The van der Waals surface area contributed by atoms with Gasteiger partial charge in [0, 0.05) is 51.0 Å². The number of aromatic amines is 1. The summed E-state index contributed by atoms with van der Waals surface area (Å²) >= 11 is 0. The zero-order chi connectivity index (χ0) is 19.1. The summed E-state index contributed by atoms with van der Waals surface area (Å²) in [6.07, 6.45) is 9.64. The molecule has 1 aliphatic rings. The maximum atomic E-state index is 12.7. The molecule has 3 heterocycles. The Labute approximate surface area is 158 Å². The molecular formula is C19H26N6O2. The second-order valence-corrected chi connectivity index (χ2v) is 6.65. The molecule has 2 N–H and O–H groups in total. The van der Waals surface area contributed by atoms with Crippen LogP contribution < -0.4 is 15.8 Å². The van der Waals surface area contributed by atoms with Crippen LogP contribution in [0.2, 0.25) is 0 Å². The Hall–Kier alpha value is -2.90. The standard InChI is InChI=1S/C19H26N6O2/c1-2-3-6-16(15-5-4-7-20-14-15)23-19(27)25-12-10-24(11-13-25)17-18(26)22-9-8-21-17/h4-5,7-9,14,16H,2-3,6,10-13H2,1H3,(H,22,26)(H,23,27)/t16-/m1/s1. The molecule has 2 amide bonds. The summed E-state index contributed by atoms with van der Waals surface area (Å²) in [6, 6.07) is 3.78. The molecule has 0 radical (unpaired) electrons. The van der Waals surface area contributed by atoms with Gasteiger partial charge in [-0.05, 0) is 18.1 Å². The Bertz CT molecular complexity index is 786. The molecule has 0 aliphatic carbocycles. The fourth-order valence-electron chi connectivity index (χ4n) is 3.24. The van der Waals surface area contributed by atoms with Crippen LogP contribution in [-0.2, 0) is 0 Å². The Morgan fingerprint density at radius 1 is 1.30 bits per heavy atom. The number of carbonyl (C=O) groups excluding carboxylic acids is 1. The SMILES string of the molecule is CCCC[C@@H](NC(=O)N1CCN(c2ncc[nH]c2=O)CC1)c1cccnc1. The van der Waals surface area contributed by atoms with Crippen molar-refractivity contribution in [1.29, 1.82) is 0 Å². The highest BCUT2D eigenvalue weighted by Gasteiger charge is 2.25. The van der Waals surface area contributed by atoms with E-state index in [1.807, 2.05) is 23.2 Å². The van der Waals surface area contributed by atoms with Crippen molar-refractivity contribution in [3.63, 3.8) is 0 Å². The highest BCUT2D eigenvalue weighted by Crippen LogP contribution is 2.19. The molecule has 1 atom stereocenters. The van der Waals surface area contributed by atoms with Gasteiger partial charge in [-0.15, -0.1) is 0 Å². The van der Waals surface area contributed by atoms with E-state index in [4.69, 9.17) is 0 Å². The van der Waals surface area contributed by atoms with Crippen LogP contribution in [0.15, 0.2) is 41.7 Å². The van der Waals surface area contributed by atoms with Crippen molar-refractivity contribution in [2.45, 2.75) is 32.2 Å². The average Bonchev–Trinajstić information content (AvgIpc) is 2.72. The third kappa shape index (κ3) is 4.84. The number of H-pyrrole nitrogens is 1. The Kier molecular flexibility index (Phi) is 6.40. The van der Waals surface area contributed by atoms with Crippen molar-refractivity contribution >= 4 is 11.8 Å². The van der Waals surface area contributed by atoms with E-state index in [0.717, 1.165) is 24.8 Å². The van der Waals surface area contributed by atoms with Crippen molar-refractivity contribution in [3.05, 3.63) is 52.8 Å². The summed E-state index contributed by atoms with van der Waals surface area (Å²) in [6.45, 7) is 4.41. The third-order valence-electron chi connectivity index (χ3n) is 4.79. The van der Waals surface area contributed by atoms with Gasteiger partial charge >= 0.3 is 6.03 Å². The van der Waals surface area contributed by atoms with Gasteiger partial charge in [0.2, 0.25) is 0 Å². The van der Waals surface area contributed by atoms with Crippen LogP contribution in [0.25, 0.3) is 0 Å². The van der Waals surface area contributed by atoms with Gasteiger partial charge in [-0.2, -0.15) is 0 Å². The lowest BCUT2D eigenvalue weighted by Gasteiger charge is -2.35. The number of nitrogens with one attached hydrogen (secondary N) is 2. The average molecular weight is 370 g/mol. The fraction of sp³-hybridized carbons (Fsp3) is 0.474. The zero-order valence-electron chi connectivity index (χ0n) is 15.6. The van der Waals surface area contributed by atoms with E-state index in [9.17, 15) is 9.59 Å². The monoisotopic (exact) mass is 370 g/mol. The number of amides is 2. The van der Waals surface area contributed by atoms with Gasteiger partial charge in [-0.1, -0.05) is 25.8 Å². The van der Waals surface area contributed by atoms with Crippen LogP contribution in [0.4, 0.5) is 10.6 Å². The first-order valence-electron chi connectivity index (χ1n) is 9.43. The first kappa shape index (κ1) is 18.9. The number of unbranched alkanes of at least 4 members (excludes halogenated alkanes) is 1. The molecule has 0 bridgehead atoms. The number of nitrogens with zero attached hydrogens (tertiary/aromatic N) is 4. The molecule has 8 heteroatoms. The number of hydrogen-bond acceptors (Lipinski definition) is 5. The molecule has 1 saturated heterocycles. The summed E-state index contributed by atoms with van der Waals surface area (Å²) < 4.78 is 0. The number of carbonyl (C=O) groups is 1. The van der Waals surface area contributed by atoms with E-state index in [2.05, 4.69) is 27.2 Å². The van der Waals surface area contributed by atoms with Crippen molar-refractivity contribution in [3.8, 4) is 0 Å². The van der Waals surface area contributed by atoms with E-state index in [-0.39, 0.29) is 17.6 Å². The van der Waals surface area contributed by atoms with Gasteiger partial charge in [0.05, 0.1) is 6.04 Å². The van der Waals surface area contributed by atoms with Crippen LogP contribution in [-0.4, -0.2) is 52.1 Å². The summed E-state index contributed by atoms with van der Waals surface area (Å²) in [5, 5.41) is 3.15. The lowest BCUT2D eigenvalue weighted by molar-refractivity contribution is 0.189. The second-order valence-electron chi connectivity index (χ2n) is 6.65. The summed E-state index contributed by atoms with van der Waals surface area (Å²) in [5.74, 6) is 0.411. The van der Waals surface area contributed by atoms with Crippen LogP contribution in [0.3, 0.4) is 0 Å². The first-order valence-corrected chi connectivity index (χ1v) is 9.43. The second kappa shape index (κ2) is 9.16. The molecule has 0 unspecified atom stereocenters. The van der Waals surface area contributed by atoms with Gasteiger partial charge in [0.25, 0.3) is 5.56 Å². The Morgan fingerprint density at radius 3 is 2.78 bits per heavy atom. The predicted octanol–water partition coefficient (Wildman–Crippen LogP) is 1.93. The smallest absolute Gasteiger partial charge is 0.318 e. The van der Waals surface area contributed by atoms with E-state index in [1.54, 1.807) is 17.3 Å². The molecule has 1 aliphatic heterocycles. The molecule has 144 valence electrons. The molecule has 1 fully saturated rings. The number of anilines is 1. The maximum absolute atomic E-state index is 12.7. The summed E-state index contributed by atoms with van der Waals surface area (Å²) in [7, 11) is 0. The topological polar surface area (TPSA) is 94.2 Å². The normalized spacial score (nSPS) is 15.4. The lowest BCUT2D eigenvalue weighted by Crippen LogP contribution is -2.53. The van der Waals surface area contributed by atoms with Gasteiger partial charge in [-0.25, -0.2) is 9.78 Å². The van der Waals surface area contributed by atoms with Crippen molar-refractivity contribution in [1.82, 2.24) is 25.2 Å². The van der Waals surface area contributed by atoms with Crippen molar-refractivity contribution < 1.29 is 4.79 Å². The molecular weight excluding hydrogens is 344 g/mol. The molecule has 0 saturated carbocycles. The number of urea groups is 1. The molecule has 8 nitrogen and oxygen atoms in total. The quantitative estimate of drug-likeness (QED) is 0.810. The van der Waals surface area contributed by atoms with Gasteiger partial charge in [-0.3, -0.25) is 9.78 Å². The lowest BCUT2D eigenvalue weighted by atomic mass is 10.0. The number of piperazine rings is 1. The van der Waals surface area contributed by atoms with Gasteiger partial charge < -0.3 is 20.1 Å². The first-order chi connectivity index (χ1) is 13.2. The Balaban J connectivity index is 1.59. The van der Waals surface area contributed by atoms with Crippen LogP contribution in [0, 0.1) is 0 Å². The number of hydrogen-bond donors (Lipinski definition) is 2. The minimum atomic E-state index is -0.202. The molecule has 0 spiro atoms. The molecule has 2 aromatic heterocycles. The summed E-state index contributed by atoms with van der Waals surface area (Å²) in [4.78, 5) is 39.3. The zero-order valence-corrected chi connectivity index (χ0v) is 15.6. The largest absolute Gasteiger partial charge is 0.348 e. The fourth-order valence-corrected chi connectivity index (χ4v) is 3.24. The minimum Gasteiger partial charge on any atom is -0.348 e. The van der Waals surface area contributed by atoms with Crippen LogP contribution in [0.1, 0.15) is 37.8 Å². The maximum Gasteiger partial charge on any atom is 0.318 e. The highest BCUT2D eigenvalue weighted by atomic mass is 16.2. The molecule has 2 aromatic rings. The van der Waals surface area contributed by atoms with Crippen molar-refractivity contribution in [2.24, 2.45) is 0 Å². The predicted molar refractivity (Wildman–Crippen MR) is 104 cm³/mol. The summed E-state index contributed by atoms with van der Waals surface area (Å²) in [5.41, 5.74) is 0.824. The minimum absolute atomic E-state index is 0.0391. The number of aromatic nitrogens is 3. The van der Waals surface area contributed by atoms with E-state index < -0.39 is 0 Å². The molecule has 0 aromatic carbocycles. The van der Waals surface area contributed by atoms with Crippen LogP contribution >= 0.6 is 0 Å². The highest BCUT2D eigenvalue weighted by molar-refractivity contribution is 5.75. The number of rotatable bonds is 6. The third-order valence-corrected chi connectivity index (χ3v) is 4.79. The van der Waals surface area contributed by atoms with E-state index in [0.29, 0.717) is 32.0 Å².